The Morgan fingerprint density at radius 2 is 1.76 bits per heavy atom. The number of nitrogens with one attached hydrogen (secondary N) is 1. The second-order valence-corrected chi connectivity index (χ2v) is 5.28. The van der Waals surface area contributed by atoms with Crippen LogP contribution in [0.5, 0.6) is 0 Å². The molecule has 0 aliphatic carbocycles. The molecule has 3 nitrogen and oxygen atoms in total. The topological polar surface area (TPSA) is 38.3 Å². The van der Waals surface area contributed by atoms with E-state index < -0.39 is 0 Å². The molecule has 2 rings (SSSR count). The van der Waals surface area contributed by atoms with Crippen molar-refractivity contribution in [3.8, 4) is 0 Å². The first kappa shape index (κ1) is 15.5. The summed E-state index contributed by atoms with van der Waals surface area (Å²) in [5.74, 6) is -0.316. The highest BCUT2D eigenvalue weighted by atomic mass is 35.5. The number of esters is 1. The summed E-state index contributed by atoms with van der Waals surface area (Å²) >= 11 is 5.88. The van der Waals surface area contributed by atoms with E-state index in [-0.39, 0.29) is 12.0 Å². The zero-order valence-corrected chi connectivity index (χ0v) is 12.9. The highest BCUT2D eigenvalue weighted by Gasteiger charge is 2.06. The number of carbonyl (C=O) groups excluding carboxylic acids is 1. The second kappa shape index (κ2) is 7.25. The third-order valence-electron chi connectivity index (χ3n) is 3.36. The lowest BCUT2D eigenvalue weighted by molar-refractivity contribution is 0.0600. The average Bonchev–Trinajstić information content (AvgIpc) is 2.53. The van der Waals surface area contributed by atoms with Gasteiger partial charge in [0.2, 0.25) is 0 Å². The fourth-order valence-corrected chi connectivity index (χ4v) is 2.14. The number of hydrogen-bond donors (Lipinski definition) is 1. The quantitative estimate of drug-likeness (QED) is 0.849. The molecule has 0 spiro atoms. The molecule has 2 aromatic rings. The van der Waals surface area contributed by atoms with Crippen LogP contribution in [0.4, 0.5) is 0 Å². The van der Waals surface area contributed by atoms with Crippen LogP contribution in [0.15, 0.2) is 48.5 Å². The molecule has 0 aromatic heterocycles. The van der Waals surface area contributed by atoms with Crippen molar-refractivity contribution >= 4 is 17.6 Å². The molecule has 0 heterocycles. The molecule has 0 radical (unpaired) electrons. The Labute approximate surface area is 129 Å². The average molecular weight is 304 g/mol. The van der Waals surface area contributed by atoms with Crippen molar-refractivity contribution in [1.29, 1.82) is 0 Å². The van der Waals surface area contributed by atoms with E-state index in [0.717, 1.165) is 17.1 Å². The minimum Gasteiger partial charge on any atom is -0.465 e. The van der Waals surface area contributed by atoms with Gasteiger partial charge in [0.1, 0.15) is 0 Å². The van der Waals surface area contributed by atoms with Gasteiger partial charge in [0.25, 0.3) is 0 Å². The molecule has 0 saturated carbocycles. The van der Waals surface area contributed by atoms with E-state index in [4.69, 9.17) is 11.6 Å². The maximum Gasteiger partial charge on any atom is 0.337 e. The standard InChI is InChI=1S/C17H18ClNO2/c1-12(14-7-9-16(18)10-8-14)19-11-13-3-5-15(6-4-13)17(20)21-2/h3-10,12,19H,11H2,1-2H3. The molecule has 1 unspecified atom stereocenters. The Morgan fingerprint density at radius 1 is 1.14 bits per heavy atom. The van der Waals surface area contributed by atoms with Crippen LogP contribution in [0.2, 0.25) is 5.02 Å². The molecule has 1 atom stereocenters. The van der Waals surface area contributed by atoms with Crippen LogP contribution in [0, 0.1) is 0 Å². The number of rotatable bonds is 5. The molecule has 0 amide bonds. The normalized spacial score (nSPS) is 12.0. The summed E-state index contributed by atoms with van der Waals surface area (Å²) in [6.45, 7) is 2.83. The van der Waals surface area contributed by atoms with Crippen molar-refractivity contribution < 1.29 is 9.53 Å². The third kappa shape index (κ3) is 4.31. The van der Waals surface area contributed by atoms with Crippen molar-refractivity contribution in [3.05, 3.63) is 70.2 Å². The molecule has 0 aliphatic rings. The summed E-state index contributed by atoms with van der Waals surface area (Å²) in [6, 6.07) is 15.4. The van der Waals surface area contributed by atoms with Gasteiger partial charge in [-0.25, -0.2) is 4.79 Å². The van der Waals surface area contributed by atoms with E-state index in [1.54, 1.807) is 12.1 Å². The lowest BCUT2D eigenvalue weighted by atomic mass is 10.1. The molecule has 2 aromatic carbocycles. The zero-order chi connectivity index (χ0) is 15.2. The number of methoxy groups -OCH3 is 1. The van der Waals surface area contributed by atoms with E-state index in [1.807, 2.05) is 36.4 Å². The van der Waals surface area contributed by atoms with Gasteiger partial charge in [-0.2, -0.15) is 0 Å². The van der Waals surface area contributed by atoms with Gasteiger partial charge >= 0.3 is 5.97 Å². The number of halogens is 1. The minimum atomic E-state index is -0.316. The van der Waals surface area contributed by atoms with E-state index in [1.165, 1.54) is 12.7 Å². The van der Waals surface area contributed by atoms with E-state index in [2.05, 4.69) is 17.0 Å². The first-order valence-corrected chi connectivity index (χ1v) is 7.14. The van der Waals surface area contributed by atoms with Crippen LogP contribution in [0.25, 0.3) is 0 Å². The Morgan fingerprint density at radius 3 is 2.33 bits per heavy atom. The highest BCUT2D eigenvalue weighted by molar-refractivity contribution is 6.30. The van der Waals surface area contributed by atoms with Crippen LogP contribution in [-0.4, -0.2) is 13.1 Å². The van der Waals surface area contributed by atoms with Gasteiger partial charge in [0.05, 0.1) is 12.7 Å². The molecule has 0 fully saturated rings. The van der Waals surface area contributed by atoms with Crippen molar-refractivity contribution in [2.24, 2.45) is 0 Å². The Hall–Kier alpha value is -1.84. The second-order valence-electron chi connectivity index (χ2n) is 4.84. The van der Waals surface area contributed by atoms with E-state index in [0.29, 0.717) is 5.56 Å². The molecule has 4 heteroatoms. The first-order chi connectivity index (χ1) is 10.1. The predicted molar refractivity (Wildman–Crippen MR) is 84.5 cm³/mol. The monoisotopic (exact) mass is 303 g/mol. The van der Waals surface area contributed by atoms with Crippen LogP contribution < -0.4 is 5.32 Å². The molecular formula is C17H18ClNO2. The summed E-state index contributed by atoms with van der Waals surface area (Å²) < 4.78 is 4.68. The largest absolute Gasteiger partial charge is 0.465 e. The Kier molecular flexibility index (Phi) is 5.37. The van der Waals surface area contributed by atoms with Crippen molar-refractivity contribution in [1.82, 2.24) is 5.32 Å². The fraction of sp³-hybridized carbons (Fsp3) is 0.235. The third-order valence-corrected chi connectivity index (χ3v) is 3.61. The first-order valence-electron chi connectivity index (χ1n) is 6.76. The van der Waals surface area contributed by atoms with Gasteiger partial charge < -0.3 is 10.1 Å². The van der Waals surface area contributed by atoms with Gasteiger partial charge in [0, 0.05) is 17.6 Å². The molecule has 0 saturated heterocycles. The van der Waals surface area contributed by atoms with Gasteiger partial charge in [-0.1, -0.05) is 35.9 Å². The number of hydrogen-bond acceptors (Lipinski definition) is 3. The highest BCUT2D eigenvalue weighted by Crippen LogP contribution is 2.16. The summed E-state index contributed by atoms with van der Waals surface area (Å²) in [7, 11) is 1.38. The Balaban J connectivity index is 1.93. The molecule has 0 aliphatic heterocycles. The Bertz CT molecular complexity index is 593. The number of benzene rings is 2. The fourth-order valence-electron chi connectivity index (χ4n) is 2.02. The molecular weight excluding hydrogens is 286 g/mol. The number of ether oxygens (including phenoxy) is 1. The summed E-state index contributed by atoms with van der Waals surface area (Å²) in [5, 5.41) is 4.18. The maximum atomic E-state index is 11.4. The smallest absolute Gasteiger partial charge is 0.337 e. The summed E-state index contributed by atoms with van der Waals surface area (Å²) in [4.78, 5) is 11.4. The molecule has 0 bridgehead atoms. The van der Waals surface area contributed by atoms with Gasteiger partial charge in [0.15, 0.2) is 0 Å². The zero-order valence-electron chi connectivity index (χ0n) is 12.1. The lowest BCUT2D eigenvalue weighted by Gasteiger charge is -2.14. The SMILES string of the molecule is COC(=O)c1ccc(CNC(C)c2ccc(Cl)cc2)cc1. The van der Waals surface area contributed by atoms with Crippen LogP contribution in [0.1, 0.15) is 34.5 Å². The van der Waals surface area contributed by atoms with Crippen LogP contribution in [0.3, 0.4) is 0 Å². The molecule has 110 valence electrons. The van der Waals surface area contributed by atoms with E-state index in [9.17, 15) is 4.79 Å². The predicted octanol–water partition coefficient (Wildman–Crippen LogP) is 3.98. The van der Waals surface area contributed by atoms with Gasteiger partial charge in [-0.15, -0.1) is 0 Å². The van der Waals surface area contributed by atoms with Crippen molar-refractivity contribution in [3.63, 3.8) is 0 Å². The summed E-state index contributed by atoms with van der Waals surface area (Å²) in [5.41, 5.74) is 2.86. The molecule has 1 N–H and O–H groups in total. The van der Waals surface area contributed by atoms with Crippen molar-refractivity contribution in [2.75, 3.05) is 7.11 Å². The van der Waals surface area contributed by atoms with Crippen molar-refractivity contribution in [2.45, 2.75) is 19.5 Å². The van der Waals surface area contributed by atoms with Gasteiger partial charge in [-0.3, -0.25) is 0 Å². The summed E-state index contributed by atoms with van der Waals surface area (Å²) in [6.07, 6.45) is 0. The minimum absolute atomic E-state index is 0.225. The number of carbonyl (C=O) groups is 1. The lowest BCUT2D eigenvalue weighted by Crippen LogP contribution is -2.18. The molecule has 21 heavy (non-hydrogen) atoms. The maximum absolute atomic E-state index is 11.4. The van der Waals surface area contributed by atoms with Crippen LogP contribution in [-0.2, 0) is 11.3 Å². The van der Waals surface area contributed by atoms with Crippen LogP contribution >= 0.6 is 11.6 Å². The van der Waals surface area contributed by atoms with Gasteiger partial charge in [-0.05, 0) is 42.3 Å². The van der Waals surface area contributed by atoms with E-state index >= 15 is 0 Å².